The van der Waals surface area contributed by atoms with Gasteiger partial charge in [0.15, 0.2) is 5.69 Å². The van der Waals surface area contributed by atoms with Gasteiger partial charge in [-0.25, -0.2) is 4.98 Å². The maximum atomic E-state index is 12.7. The maximum Gasteiger partial charge on any atom is 0.274 e. The number of thioether (sulfide) groups is 1. The Labute approximate surface area is 150 Å². The molecule has 5 heteroatoms. The Balaban J connectivity index is 1.58. The van der Waals surface area contributed by atoms with Crippen LogP contribution in [0.1, 0.15) is 34.3 Å². The molecule has 0 bridgehead atoms. The van der Waals surface area contributed by atoms with Gasteiger partial charge in [0.05, 0.1) is 6.04 Å². The van der Waals surface area contributed by atoms with Gasteiger partial charge in [-0.3, -0.25) is 4.79 Å². The number of fused-ring (bicyclic) bond motifs is 1. The first-order valence-corrected chi connectivity index (χ1v) is 9.26. The molecule has 0 radical (unpaired) electrons. The number of benzene rings is 2. The summed E-state index contributed by atoms with van der Waals surface area (Å²) in [5, 5.41) is 3.12. The summed E-state index contributed by atoms with van der Waals surface area (Å²) in [4.78, 5) is 18.4. The van der Waals surface area contributed by atoms with Gasteiger partial charge >= 0.3 is 0 Å². The molecule has 0 saturated carbocycles. The van der Waals surface area contributed by atoms with Crippen LogP contribution >= 0.6 is 11.8 Å². The molecular weight excluding hydrogens is 332 g/mol. The van der Waals surface area contributed by atoms with E-state index in [2.05, 4.69) is 22.4 Å². The molecule has 1 aliphatic heterocycles. The molecule has 2 heterocycles. The Morgan fingerprint density at radius 2 is 1.92 bits per heavy atom. The van der Waals surface area contributed by atoms with E-state index < -0.39 is 0 Å². The standard InChI is InChI=1S/C20H18N2O2S/c1-13-18(22-20(24-13)14-7-3-2-4-8-14)19(23)21-16-11-12-25-17-10-6-5-9-15(16)17/h2-10,16H,11-12H2,1H3,(H,21,23)/t16-/m0/s1. The fraction of sp³-hybridized carbons (Fsp3) is 0.200. The zero-order valence-corrected chi connectivity index (χ0v) is 14.7. The Kier molecular flexibility index (Phi) is 4.32. The second-order valence-electron chi connectivity index (χ2n) is 5.99. The fourth-order valence-corrected chi connectivity index (χ4v) is 4.16. The van der Waals surface area contributed by atoms with E-state index in [0.717, 1.165) is 17.7 Å². The molecule has 1 amide bonds. The average molecular weight is 350 g/mol. The Bertz CT molecular complexity index is 905. The van der Waals surface area contributed by atoms with Crippen molar-refractivity contribution in [3.63, 3.8) is 0 Å². The highest BCUT2D eigenvalue weighted by Crippen LogP contribution is 2.36. The zero-order valence-electron chi connectivity index (χ0n) is 13.9. The summed E-state index contributed by atoms with van der Waals surface area (Å²) in [7, 11) is 0. The van der Waals surface area contributed by atoms with Gasteiger partial charge in [0.2, 0.25) is 5.89 Å². The molecule has 1 aliphatic rings. The quantitative estimate of drug-likeness (QED) is 0.749. The first-order valence-electron chi connectivity index (χ1n) is 8.28. The highest BCUT2D eigenvalue weighted by atomic mass is 32.2. The third kappa shape index (κ3) is 3.20. The van der Waals surface area contributed by atoms with Crippen LogP contribution in [-0.4, -0.2) is 16.6 Å². The number of amides is 1. The first kappa shape index (κ1) is 16.0. The second kappa shape index (κ2) is 6.76. The van der Waals surface area contributed by atoms with Crippen molar-refractivity contribution in [2.75, 3.05) is 5.75 Å². The van der Waals surface area contributed by atoms with E-state index in [4.69, 9.17) is 4.42 Å². The van der Waals surface area contributed by atoms with Crippen LogP contribution < -0.4 is 5.32 Å². The molecule has 0 fully saturated rings. The van der Waals surface area contributed by atoms with Crippen molar-refractivity contribution in [1.82, 2.24) is 10.3 Å². The fourth-order valence-electron chi connectivity index (χ4n) is 3.03. The maximum absolute atomic E-state index is 12.7. The van der Waals surface area contributed by atoms with Crippen LogP contribution in [0, 0.1) is 6.92 Å². The van der Waals surface area contributed by atoms with Crippen molar-refractivity contribution in [2.45, 2.75) is 24.3 Å². The number of nitrogens with zero attached hydrogens (tertiary/aromatic N) is 1. The number of hydrogen-bond donors (Lipinski definition) is 1. The molecule has 2 aromatic carbocycles. The first-order chi connectivity index (χ1) is 12.2. The van der Waals surface area contributed by atoms with E-state index in [-0.39, 0.29) is 11.9 Å². The number of carbonyl (C=O) groups is 1. The van der Waals surface area contributed by atoms with E-state index in [1.165, 1.54) is 10.5 Å². The molecule has 3 aromatic rings. The summed E-state index contributed by atoms with van der Waals surface area (Å²) < 4.78 is 5.70. The summed E-state index contributed by atoms with van der Waals surface area (Å²) in [6.45, 7) is 1.78. The predicted octanol–water partition coefficient (Wildman–Crippen LogP) is 4.62. The molecule has 1 N–H and O–H groups in total. The molecule has 1 aromatic heterocycles. The average Bonchev–Trinajstić information content (AvgIpc) is 3.05. The monoisotopic (exact) mass is 350 g/mol. The van der Waals surface area contributed by atoms with Crippen molar-refractivity contribution in [3.05, 3.63) is 71.6 Å². The van der Waals surface area contributed by atoms with Crippen molar-refractivity contribution < 1.29 is 9.21 Å². The number of hydrogen-bond acceptors (Lipinski definition) is 4. The van der Waals surface area contributed by atoms with Crippen molar-refractivity contribution in [3.8, 4) is 11.5 Å². The van der Waals surface area contributed by atoms with Gasteiger partial charge in [-0.15, -0.1) is 11.8 Å². The summed E-state index contributed by atoms with van der Waals surface area (Å²) >= 11 is 1.83. The molecule has 4 rings (SSSR count). The summed E-state index contributed by atoms with van der Waals surface area (Å²) in [5.74, 6) is 1.82. The van der Waals surface area contributed by atoms with E-state index >= 15 is 0 Å². The van der Waals surface area contributed by atoms with Crippen LogP contribution in [0.5, 0.6) is 0 Å². The molecule has 0 spiro atoms. The Morgan fingerprint density at radius 3 is 2.76 bits per heavy atom. The Hall–Kier alpha value is -2.53. The molecule has 0 unspecified atom stereocenters. The lowest BCUT2D eigenvalue weighted by Crippen LogP contribution is -2.31. The van der Waals surface area contributed by atoms with Crippen LogP contribution in [0.25, 0.3) is 11.5 Å². The van der Waals surface area contributed by atoms with Gasteiger partial charge in [-0.1, -0.05) is 36.4 Å². The number of nitrogens with one attached hydrogen (secondary N) is 1. The van der Waals surface area contributed by atoms with Crippen LogP contribution in [0.3, 0.4) is 0 Å². The van der Waals surface area contributed by atoms with Crippen LogP contribution in [-0.2, 0) is 0 Å². The molecule has 25 heavy (non-hydrogen) atoms. The number of oxazole rings is 1. The van der Waals surface area contributed by atoms with Gasteiger partial charge in [-0.2, -0.15) is 0 Å². The van der Waals surface area contributed by atoms with E-state index in [0.29, 0.717) is 17.3 Å². The minimum atomic E-state index is -0.185. The van der Waals surface area contributed by atoms with Crippen LogP contribution in [0.4, 0.5) is 0 Å². The highest BCUT2D eigenvalue weighted by molar-refractivity contribution is 7.99. The molecule has 0 saturated heterocycles. The van der Waals surface area contributed by atoms with Crippen LogP contribution in [0.15, 0.2) is 63.9 Å². The summed E-state index contributed by atoms with van der Waals surface area (Å²) in [5.41, 5.74) is 2.40. The van der Waals surface area contributed by atoms with E-state index in [1.54, 1.807) is 6.92 Å². The third-order valence-electron chi connectivity index (χ3n) is 4.30. The van der Waals surface area contributed by atoms with Crippen molar-refractivity contribution >= 4 is 17.7 Å². The summed E-state index contributed by atoms with van der Waals surface area (Å²) in [6.07, 6.45) is 0.913. The zero-order chi connectivity index (χ0) is 17.2. The third-order valence-corrected chi connectivity index (χ3v) is 5.42. The largest absolute Gasteiger partial charge is 0.441 e. The predicted molar refractivity (Wildman–Crippen MR) is 98.7 cm³/mol. The van der Waals surface area contributed by atoms with Gasteiger partial charge in [0.25, 0.3) is 5.91 Å². The number of carbonyl (C=O) groups excluding carboxylic acids is 1. The lowest BCUT2D eigenvalue weighted by Gasteiger charge is -2.25. The molecule has 4 nitrogen and oxygen atoms in total. The van der Waals surface area contributed by atoms with E-state index in [9.17, 15) is 4.79 Å². The van der Waals surface area contributed by atoms with Crippen molar-refractivity contribution in [1.29, 1.82) is 0 Å². The normalized spacial score (nSPS) is 16.3. The minimum absolute atomic E-state index is 0.0150. The molecule has 126 valence electrons. The minimum Gasteiger partial charge on any atom is -0.441 e. The van der Waals surface area contributed by atoms with Crippen LogP contribution in [0.2, 0.25) is 0 Å². The van der Waals surface area contributed by atoms with Crippen molar-refractivity contribution in [2.24, 2.45) is 0 Å². The number of aryl methyl sites for hydroxylation is 1. The van der Waals surface area contributed by atoms with Gasteiger partial charge in [0.1, 0.15) is 5.76 Å². The molecular formula is C20H18N2O2S. The summed E-state index contributed by atoms with van der Waals surface area (Å²) in [6, 6.07) is 17.9. The lowest BCUT2D eigenvalue weighted by atomic mass is 10.0. The second-order valence-corrected chi connectivity index (χ2v) is 7.13. The van der Waals surface area contributed by atoms with E-state index in [1.807, 2.05) is 54.2 Å². The molecule has 1 atom stereocenters. The SMILES string of the molecule is Cc1oc(-c2ccccc2)nc1C(=O)N[C@H]1CCSc2ccccc21. The number of aromatic nitrogens is 1. The number of rotatable bonds is 3. The highest BCUT2D eigenvalue weighted by Gasteiger charge is 2.25. The van der Waals surface area contributed by atoms with Gasteiger partial charge in [0, 0.05) is 16.2 Å². The smallest absolute Gasteiger partial charge is 0.274 e. The topological polar surface area (TPSA) is 55.1 Å². The lowest BCUT2D eigenvalue weighted by molar-refractivity contribution is 0.0929. The van der Waals surface area contributed by atoms with Gasteiger partial charge < -0.3 is 9.73 Å². The molecule has 0 aliphatic carbocycles. The van der Waals surface area contributed by atoms with Gasteiger partial charge in [-0.05, 0) is 37.1 Å². The Morgan fingerprint density at radius 1 is 1.16 bits per heavy atom.